The van der Waals surface area contributed by atoms with Crippen molar-refractivity contribution >= 4 is 45.1 Å². The van der Waals surface area contributed by atoms with E-state index in [9.17, 15) is 9.59 Å². The molecule has 3 heterocycles. The van der Waals surface area contributed by atoms with Crippen LogP contribution in [0.25, 0.3) is 27.6 Å². The van der Waals surface area contributed by atoms with Crippen molar-refractivity contribution in [3.63, 3.8) is 0 Å². The van der Waals surface area contributed by atoms with E-state index in [0.717, 1.165) is 16.6 Å². The second kappa shape index (κ2) is 7.55. The van der Waals surface area contributed by atoms with Crippen molar-refractivity contribution in [1.29, 1.82) is 0 Å². The molecule has 8 heteroatoms. The molecule has 31 heavy (non-hydrogen) atoms. The van der Waals surface area contributed by atoms with Gasteiger partial charge in [0.25, 0.3) is 5.56 Å². The van der Waals surface area contributed by atoms with Crippen molar-refractivity contribution in [2.75, 3.05) is 5.75 Å². The minimum absolute atomic E-state index is 0.0143. The number of hydrogen-bond acceptors (Lipinski definition) is 5. The van der Waals surface area contributed by atoms with E-state index in [1.807, 2.05) is 53.8 Å². The first-order valence-corrected chi connectivity index (χ1v) is 10.8. The van der Waals surface area contributed by atoms with Crippen molar-refractivity contribution in [2.45, 2.75) is 18.6 Å². The zero-order valence-electron chi connectivity index (χ0n) is 16.8. The monoisotopic (exact) mass is 429 g/mol. The lowest BCUT2D eigenvalue weighted by molar-refractivity contribution is 0.102. The Balaban J connectivity index is 1.57. The van der Waals surface area contributed by atoms with Crippen LogP contribution in [0.4, 0.5) is 0 Å². The molecule has 5 aromatic rings. The first-order valence-electron chi connectivity index (χ1n) is 9.81. The second-order valence-electron chi connectivity index (χ2n) is 7.22. The minimum Gasteiger partial charge on any atom is -0.358 e. The molecule has 0 spiro atoms. The Morgan fingerprint density at radius 1 is 1.13 bits per heavy atom. The fraction of sp³-hybridized carbons (Fsp3) is 0.130. The van der Waals surface area contributed by atoms with Gasteiger partial charge in [-0.1, -0.05) is 48.2 Å². The standard InChI is InChI=1S/C23H19N5O2S/c1-3-12-27-21(30)16-9-5-7-11-18(16)28-22(27)25-26-23(28)31-13-19(29)20-14(2)24-17-10-6-4-8-15(17)20/h3-11,24H,1,12-13H2,2H3. The van der Waals surface area contributed by atoms with Crippen LogP contribution in [0.3, 0.4) is 0 Å². The zero-order chi connectivity index (χ0) is 21.5. The summed E-state index contributed by atoms with van der Waals surface area (Å²) in [4.78, 5) is 29.3. The predicted octanol–water partition coefficient (Wildman–Crippen LogP) is 3.99. The molecular weight excluding hydrogens is 410 g/mol. The van der Waals surface area contributed by atoms with Gasteiger partial charge in [0, 0.05) is 28.7 Å². The van der Waals surface area contributed by atoms with E-state index in [4.69, 9.17) is 0 Å². The van der Waals surface area contributed by atoms with Crippen LogP contribution in [-0.2, 0) is 6.54 Å². The number of nitrogens with zero attached hydrogens (tertiary/aromatic N) is 4. The Labute approximate surface area is 181 Å². The number of carbonyl (C=O) groups is 1. The van der Waals surface area contributed by atoms with Crippen LogP contribution < -0.4 is 5.56 Å². The number of allylic oxidation sites excluding steroid dienone is 1. The summed E-state index contributed by atoms with van der Waals surface area (Å²) < 4.78 is 3.37. The number of rotatable bonds is 6. The maximum absolute atomic E-state index is 13.1. The molecule has 0 aliphatic heterocycles. The van der Waals surface area contributed by atoms with E-state index < -0.39 is 0 Å². The number of aromatic nitrogens is 5. The van der Waals surface area contributed by atoms with Crippen LogP contribution in [0.5, 0.6) is 0 Å². The summed E-state index contributed by atoms with van der Waals surface area (Å²) in [7, 11) is 0. The van der Waals surface area contributed by atoms with Crippen molar-refractivity contribution in [2.24, 2.45) is 0 Å². The summed E-state index contributed by atoms with van der Waals surface area (Å²) in [5.74, 6) is 0.653. The van der Waals surface area contributed by atoms with Gasteiger partial charge in [-0.3, -0.25) is 18.6 Å². The Bertz CT molecular complexity index is 1540. The SMILES string of the molecule is C=CCn1c(=O)c2ccccc2n2c(SCC(=O)c3c(C)[nH]c4ccccc34)nnc12. The van der Waals surface area contributed by atoms with Gasteiger partial charge in [-0.15, -0.1) is 16.8 Å². The number of carbonyl (C=O) groups excluding carboxylic acids is 1. The Morgan fingerprint density at radius 3 is 2.68 bits per heavy atom. The first-order chi connectivity index (χ1) is 15.1. The third kappa shape index (κ3) is 3.07. The number of thioether (sulfide) groups is 1. The smallest absolute Gasteiger partial charge is 0.263 e. The molecule has 2 aromatic carbocycles. The molecule has 0 aliphatic rings. The summed E-state index contributed by atoms with van der Waals surface area (Å²) in [5.41, 5.74) is 3.07. The lowest BCUT2D eigenvalue weighted by Gasteiger charge is -2.09. The molecule has 1 N–H and O–H groups in total. The minimum atomic E-state index is -0.141. The van der Waals surface area contributed by atoms with Crippen molar-refractivity contribution in [1.82, 2.24) is 24.1 Å². The number of hydrogen-bond donors (Lipinski definition) is 1. The van der Waals surface area contributed by atoms with Crippen LogP contribution in [-0.4, -0.2) is 35.7 Å². The predicted molar refractivity (Wildman–Crippen MR) is 123 cm³/mol. The highest BCUT2D eigenvalue weighted by atomic mass is 32.2. The summed E-state index contributed by atoms with van der Waals surface area (Å²) in [6.45, 7) is 5.97. The van der Waals surface area contributed by atoms with E-state index in [-0.39, 0.29) is 17.1 Å². The van der Waals surface area contributed by atoms with Crippen LogP contribution in [0.15, 0.2) is 71.1 Å². The average Bonchev–Trinajstić information content (AvgIpc) is 3.35. The topological polar surface area (TPSA) is 85.0 Å². The van der Waals surface area contributed by atoms with E-state index in [0.29, 0.717) is 33.9 Å². The largest absolute Gasteiger partial charge is 0.358 e. The van der Waals surface area contributed by atoms with E-state index >= 15 is 0 Å². The van der Waals surface area contributed by atoms with Gasteiger partial charge < -0.3 is 4.98 Å². The first kappa shape index (κ1) is 19.3. The number of fused-ring (bicyclic) bond motifs is 4. The summed E-state index contributed by atoms with van der Waals surface area (Å²) in [6, 6.07) is 15.1. The molecule has 0 amide bonds. The third-order valence-electron chi connectivity index (χ3n) is 5.29. The highest BCUT2D eigenvalue weighted by molar-refractivity contribution is 7.99. The number of nitrogens with one attached hydrogen (secondary N) is 1. The second-order valence-corrected chi connectivity index (χ2v) is 8.16. The fourth-order valence-electron chi connectivity index (χ4n) is 3.96. The molecular formula is C23H19N5O2S. The highest BCUT2D eigenvalue weighted by Crippen LogP contribution is 2.26. The lowest BCUT2D eigenvalue weighted by Crippen LogP contribution is -2.22. The van der Waals surface area contributed by atoms with Gasteiger partial charge in [0.15, 0.2) is 10.9 Å². The third-order valence-corrected chi connectivity index (χ3v) is 6.22. The highest BCUT2D eigenvalue weighted by Gasteiger charge is 2.20. The number of H-pyrrole nitrogens is 1. The number of para-hydroxylation sites is 2. The van der Waals surface area contributed by atoms with Crippen molar-refractivity contribution < 1.29 is 4.79 Å². The molecule has 0 saturated carbocycles. The number of ketones is 1. The maximum atomic E-state index is 13.1. The van der Waals surface area contributed by atoms with Gasteiger partial charge in [0.05, 0.1) is 16.7 Å². The zero-order valence-corrected chi connectivity index (χ0v) is 17.6. The molecule has 7 nitrogen and oxygen atoms in total. The maximum Gasteiger partial charge on any atom is 0.263 e. The molecule has 154 valence electrons. The number of aryl methyl sites for hydroxylation is 1. The molecule has 5 rings (SSSR count). The van der Waals surface area contributed by atoms with E-state index in [1.54, 1.807) is 12.1 Å². The Kier molecular flexibility index (Phi) is 4.71. The number of benzene rings is 2. The summed E-state index contributed by atoms with van der Waals surface area (Å²) in [5, 5.41) is 10.6. The van der Waals surface area contributed by atoms with Crippen LogP contribution in [0, 0.1) is 6.92 Å². The summed E-state index contributed by atoms with van der Waals surface area (Å²) in [6.07, 6.45) is 1.65. The van der Waals surface area contributed by atoms with Crippen molar-refractivity contribution in [3.05, 3.63) is 82.8 Å². The van der Waals surface area contributed by atoms with Gasteiger partial charge >= 0.3 is 0 Å². The molecule has 3 aromatic heterocycles. The number of aromatic amines is 1. The molecule has 0 radical (unpaired) electrons. The molecule has 0 fully saturated rings. The van der Waals surface area contributed by atoms with E-state index in [1.165, 1.54) is 16.3 Å². The van der Waals surface area contributed by atoms with Crippen LogP contribution in [0.1, 0.15) is 16.1 Å². The van der Waals surface area contributed by atoms with Gasteiger partial charge in [-0.2, -0.15) is 0 Å². The Hall–Kier alpha value is -3.65. The van der Waals surface area contributed by atoms with Gasteiger partial charge in [-0.25, -0.2) is 0 Å². The average molecular weight is 430 g/mol. The van der Waals surface area contributed by atoms with Gasteiger partial charge in [0.2, 0.25) is 5.78 Å². The molecule has 0 unspecified atom stereocenters. The lowest BCUT2D eigenvalue weighted by atomic mass is 10.1. The normalized spacial score (nSPS) is 11.5. The fourth-order valence-corrected chi connectivity index (χ4v) is 4.77. The number of Topliss-reactive ketones (excluding diaryl/α,β-unsaturated/α-hetero) is 1. The van der Waals surface area contributed by atoms with Gasteiger partial charge in [0.1, 0.15) is 0 Å². The molecule has 0 saturated heterocycles. The van der Waals surface area contributed by atoms with Crippen molar-refractivity contribution in [3.8, 4) is 0 Å². The van der Waals surface area contributed by atoms with E-state index in [2.05, 4.69) is 21.8 Å². The Morgan fingerprint density at radius 2 is 1.87 bits per heavy atom. The summed E-state index contributed by atoms with van der Waals surface area (Å²) >= 11 is 1.31. The molecule has 0 atom stereocenters. The van der Waals surface area contributed by atoms with Crippen LogP contribution >= 0.6 is 11.8 Å². The van der Waals surface area contributed by atoms with Gasteiger partial charge in [-0.05, 0) is 25.1 Å². The molecule has 0 bridgehead atoms. The quantitative estimate of drug-likeness (QED) is 0.251. The van der Waals surface area contributed by atoms with Crippen LogP contribution in [0.2, 0.25) is 0 Å². The molecule has 0 aliphatic carbocycles.